The molecule has 9 nitrogen and oxygen atoms in total. The van der Waals surface area contributed by atoms with Crippen molar-refractivity contribution < 1.29 is 22.7 Å². The molecule has 0 bridgehead atoms. The van der Waals surface area contributed by atoms with E-state index in [1.165, 1.54) is 26.4 Å². The number of hydrogen-bond acceptors (Lipinski definition) is 6. The zero-order chi connectivity index (χ0) is 24.2. The van der Waals surface area contributed by atoms with Crippen molar-refractivity contribution >= 4 is 27.3 Å². The molecule has 2 N–H and O–H groups in total. The van der Waals surface area contributed by atoms with Gasteiger partial charge in [0.2, 0.25) is 0 Å². The molecule has 0 aliphatic carbocycles. The van der Waals surface area contributed by atoms with Crippen LogP contribution < -0.4 is 19.5 Å². The van der Waals surface area contributed by atoms with Crippen LogP contribution in [0, 0.1) is 0 Å². The van der Waals surface area contributed by atoms with Crippen LogP contribution in [-0.4, -0.2) is 38.3 Å². The highest BCUT2D eigenvalue weighted by Crippen LogP contribution is 2.29. The Balaban J connectivity index is 1.89. The first kappa shape index (κ1) is 24.1. The number of nitrogens with zero attached hydrogens (tertiary/aromatic N) is 2. The van der Waals surface area contributed by atoms with Crippen molar-refractivity contribution in [1.82, 2.24) is 9.78 Å². The lowest BCUT2D eigenvalue weighted by atomic mass is 10.1. The van der Waals surface area contributed by atoms with Gasteiger partial charge in [-0.3, -0.25) is 14.2 Å². The van der Waals surface area contributed by atoms with Gasteiger partial charge in [0.1, 0.15) is 22.1 Å². The zero-order valence-corrected chi connectivity index (χ0v) is 20.1. The van der Waals surface area contributed by atoms with Gasteiger partial charge in [0.15, 0.2) is 0 Å². The van der Waals surface area contributed by atoms with Gasteiger partial charge in [-0.05, 0) is 61.4 Å². The number of hydrogen-bond donors (Lipinski definition) is 2. The van der Waals surface area contributed by atoms with Crippen molar-refractivity contribution in [1.29, 1.82) is 0 Å². The molecule has 1 amide bonds. The van der Waals surface area contributed by atoms with E-state index in [4.69, 9.17) is 9.47 Å². The Bertz CT molecular complexity index is 1230. The van der Waals surface area contributed by atoms with E-state index in [2.05, 4.69) is 15.1 Å². The van der Waals surface area contributed by atoms with E-state index in [0.717, 1.165) is 5.69 Å². The van der Waals surface area contributed by atoms with Gasteiger partial charge < -0.3 is 14.8 Å². The fraction of sp³-hybridized carbons (Fsp3) is 0.304. The molecule has 1 heterocycles. The SMILES string of the molecule is CCn1nc(C(C)C)cc1C(=O)Nc1ccc(OC)c(S(=O)(=O)Nc2ccc(OC)cc2)c1. The summed E-state index contributed by atoms with van der Waals surface area (Å²) in [6, 6.07) is 12.7. The average Bonchev–Trinajstić information content (AvgIpc) is 3.24. The van der Waals surface area contributed by atoms with E-state index < -0.39 is 10.0 Å². The predicted octanol–water partition coefficient (Wildman–Crippen LogP) is 4.10. The second kappa shape index (κ2) is 9.95. The number of aromatic nitrogens is 2. The maximum absolute atomic E-state index is 13.1. The summed E-state index contributed by atoms with van der Waals surface area (Å²) >= 11 is 0. The molecule has 0 atom stereocenters. The Morgan fingerprint density at radius 2 is 1.70 bits per heavy atom. The Kier molecular flexibility index (Phi) is 7.27. The molecular formula is C23H28N4O5S. The highest BCUT2D eigenvalue weighted by molar-refractivity contribution is 7.92. The molecule has 0 radical (unpaired) electrons. The summed E-state index contributed by atoms with van der Waals surface area (Å²) in [7, 11) is -1.09. The Hall–Kier alpha value is -3.53. The van der Waals surface area contributed by atoms with Gasteiger partial charge in [0.05, 0.1) is 19.9 Å². The maximum atomic E-state index is 13.1. The van der Waals surface area contributed by atoms with E-state index >= 15 is 0 Å². The minimum Gasteiger partial charge on any atom is -0.497 e. The number of anilines is 2. The van der Waals surface area contributed by atoms with Crippen LogP contribution in [-0.2, 0) is 16.6 Å². The standard InChI is InChI=1S/C23H28N4O5S/c1-6-27-20(14-19(25-27)15(2)3)23(28)24-17-9-12-21(32-5)22(13-17)33(29,30)26-16-7-10-18(31-4)11-8-16/h7-15,26H,6H2,1-5H3,(H,24,28). The van der Waals surface area contributed by atoms with Crippen LogP contribution in [0.3, 0.4) is 0 Å². The fourth-order valence-electron chi connectivity index (χ4n) is 3.17. The van der Waals surface area contributed by atoms with Gasteiger partial charge in [0.25, 0.3) is 15.9 Å². The number of ether oxygens (including phenoxy) is 2. The van der Waals surface area contributed by atoms with Gasteiger partial charge in [-0.15, -0.1) is 0 Å². The summed E-state index contributed by atoms with van der Waals surface area (Å²) in [6.07, 6.45) is 0. The normalized spacial score (nSPS) is 11.3. The second-order valence-electron chi connectivity index (χ2n) is 7.58. The molecule has 0 aliphatic heterocycles. The monoisotopic (exact) mass is 472 g/mol. The molecule has 33 heavy (non-hydrogen) atoms. The number of benzene rings is 2. The van der Waals surface area contributed by atoms with Gasteiger partial charge in [-0.25, -0.2) is 8.42 Å². The summed E-state index contributed by atoms with van der Waals surface area (Å²) in [5, 5.41) is 7.22. The quantitative estimate of drug-likeness (QED) is 0.485. The zero-order valence-electron chi connectivity index (χ0n) is 19.2. The van der Waals surface area contributed by atoms with Crippen LogP contribution >= 0.6 is 0 Å². The smallest absolute Gasteiger partial charge is 0.273 e. The Morgan fingerprint density at radius 3 is 2.27 bits per heavy atom. The van der Waals surface area contributed by atoms with Crippen LogP contribution in [0.1, 0.15) is 42.9 Å². The van der Waals surface area contributed by atoms with E-state index in [1.807, 2.05) is 20.8 Å². The first-order valence-electron chi connectivity index (χ1n) is 10.4. The Morgan fingerprint density at radius 1 is 1.03 bits per heavy atom. The highest BCUT2D eigenvalue weighted by Gasteiger charge is 2.22. The first-order valence-corrected chi connectivity index (χ1v) is 11.9. The van der Waals surface area contributed by atoms with Gasteiger partial charge in [-0.1, -0.05) is 13.8 Å². The lowest BCUT2D eigenvalue weighted by Crippen LogP contribution is -2.18. The molecule has 0 saturated carbocycles. The number of carbonyl (C=O) groups excluding carboxylic acids is 1. The average molecular weight is 473 g/mol. The number of sulfonamides is 1. The molecule has 0 spiro atoms. The van der Waals surface area contributed by atoms with Crippen LogP contribution in [0.4, 0.5) is 11.4 Å². The van der Waals surface area contributed by atoms with Crippen molar-refractivity contribution in [2.75, 3.05) is 24.3 Å². The molecule has 0 fully saturated rings. The fourth-order valence-corrected chi connectivity index (χ4v) is 4.43. The van der Waals surface area contributed by atoms with Crippen LogP contribution in [0.15, 0.2) is 53.4 Å². The maximum Gasteiger partial charge on any atom is 0.273 e. The van der Waals surface area contributed by atoms with Crippen molar-refractivity contribution in [3.63, 3.8) is 0 Å². The largest absolute Gasteiger partial charge is 0.497 e. The second-order valence-corrected chi connectivity index (χ2v) is 9.23. The third kappa shape index (κ3) is 5.46. The van der Waals surface area contributed by atoms with Crippen molar-refractivity contribution in [3.05, 3.63) is 59.9 Å². The molecule has 2 aromatic carbocycles. The van der Waals surface area contributed by atoms with Gasteiger partial charge >= 0.3 is 0 Å². The lowest BCUT2D eigenvalue weighted by Gasteiger charge is -2.14. The van der Waals surface area contributed by atoms with Crippen LogP contribution in [0.2, 0.25) is 0 Å². The molecule has 3 rings (SSSR count). The topological polar surface area (TPSA) is 112 Å². The van der Waals surface area contributed by atoms with E-state index in [-0.39, 0.29) is 22.5 Å². The minimum absolute atomic E-state index is 0.106. The molecule has 10 heteroatoms. The highest BCUT2D eigenvalue weighted by atomic mass is 32.2. The number of methoxy groups -OCH3 is 2. The lowest BCUT2D eigenvalue weighted by molar-refractivity contribution is 0.101. The third-order valence-electron chi connectivity index (χ3n) is 4.98. The van der Waals surface area contributed by atoms with Crippen LogP contribution in [0.25, 0.3) is 0 Å². The summed E-state index contributed by atoms with van der Waals surface area (Å²) in [4.78, 5) is 12.8. The van der Waals surface area contributed by atoms with Crippen molar-refractivity contribution in [2.24, 2.45) is 0 Å². The number of carbonyl (C=O) groups is 1. The van der Waals surface area contributed by atoms with Crippen molar-refractivity contribution in [2.45, 2.75) is 38.1 Å². The molecule has 1 aromatic heterocycles. The van der Waals surface area contributed by atoms with Gasteiger partial charge in [0, 0.05) is 17.9 Å². The van der Waals surface area contributed by atoms with Crippen molar-refractivity contribution in [3.8, 4) is 11.5 Å². The summed E-state index contributed by atoms with van der Waals surface area (Å²) in [5.41, 5.74) is 1.88. The molecule has 0 aliphatic rings. The summed E-state index contributed by atoms with van der Waals surface area (Å²) in [5.74, 6) is 0.542. The summed E-state index contributed by atoms with van der Waals surface area (Å²) < 4.78 is 40.6. The first-order chi connectivity index (χ1) is 15.7. The Labute approximate surface area is 193 Å². The minimum atomic E-state index is -4.00. The molecule has 3 aromatic rings. The van der Waals surface area contributed by atoms with Crippen LogP contribution in [0.5, 0.6) is 11.5 Å². The number of amides is 1. The number of rotatable bonds is 9. The molecule has 0 saturated heterocycles. The summed E-state index contributed by atoms with van der Waals surface area (Å²) in [6.45, 7) is 6.43. The third-order valence-corrected chi connectivity index (χ3v) is 6.38. The van der Waals surface area contributed by atoms with E-state index in [9.17, 15) is 13.2 Å². The molecular weight excluding hydrogens is 444 g/mol. The molecule has 176 valence electrons. The van der Waals surface area contributed by atoms with E-state index in [1.54, 1.807) is 41.1 Å². The number of nitrogens with one attached hydrogen (secondary N) is 2. The number of aryl methyl sites for hydroxylation is 1. The predicted molar refractivity (Wildman–Crippen MR) is 127 cm³/mol. The van der Waals surface area contributed by atoms with Gasteiger partial charge in [-0.2, -0.15) is 5.10 Å². The van der Waals surface area contributed by atoms with E-state index in [0.29, 0.717) is 29.4 Å². The molecule has 0 unspecified atom stereocenters.